The van der Waals surface area contributed by atoms with Crippen molar-refractivity contribution in [3.8, 4) is 11.5 Å². The fourth-order valence-corrected chi connectivity index (χ4v) is 3.97. The molecule has 0 spiro atoms. The minimum atomic E-state index is 0.516. The summed E-state index contributed by atoms with van der Waals surface area (Å²) in [6, 6.07) is 6.33. The van der Waals surface area contributed by atoms with E-state index in [9.17, 15) is 0 Å². The molecule has 1 aromatic carbocycles. The Balaban J connectivity index is 1.45. The summed E-state index contributed by atoms with van der Waals surface area (Å²) in [6.07, 6.45) is 4.46. The molecular weight excluding hydrogens is 314 g/mol. The molecule has 2 aliphatic rings. The van der Waals surface area contributed by atoms with Crippen LogP contribution in [0.4, 0.5) is 0 Å². The number of benzene rings is 1. The highest BCUT2D eigenvalue weighted by molar-refractivity contribution is 5.43. The molecule has 134 valence electrons. The van der Waals surface area contributed by atoms with Gasteiger partial charge in [-0.05, 0) is 48.6 Å². The van der Waals surface area contributed by atoms with Crippen LogP contribution in [0.3, 0.4) is 0 Å². The number of H-pyrrole nitrogens is 1. The van der Waals surface area contributed by atoms with Crippen molar-refractivity contribution >= 4 is 0 Å². The first kappa shape index (κ1) is 16.5. The third-order valence-electron chi connectivity index (χ3n) is 5.25. The van der Waals surface area contributed by atoms with Gasteiger partial charge in [-0.1, -0.05) is 19.9 Å². The number of ether oxygens (including phenoxy) is 2. The van der Waals surface area contributed by atoms with Crippen molar-refractivity contribution in [2.75, 3.05) is 26.3 Å². The van der Waals surface area contributed by atoms with Gasteiger partial charge in [-0.2, -0.15) is 5.10 Å². The highest BCUT2D eigenvalue weighted by Crippen LogP contribution is 2.33. The second-order valence-electron chi connectivity index (χ2n) is 7.45. The van der Waals surface area contributed by atoms with E-state index in [0.29, 0.717) is 25.0 Å². The van der Waals surface area contributed by atoms with Crippen LogP contribution in [-0.2, 0) is 6.54 Å². The van der Waals surface area contributed by atoms with E-state index in [4.69, 9.17) is 9.47 Å². The number of piperidine rings is 1. The Morgan fingerprint density at radius 1 is 1.24 bits per heavy atom. The average Bonchev–Trinajstić information content (AvgIpc) is 3.12. The van der Waals surface area contributed by atoms with Gasteiger partial charge >= 0.3 is 0 Å². The van der Waals surface area contributed by atoms with Crippen molar-refractivity contribution in [1.29, 1.82) is 0 Å². The molecule has 1 saturated heterocycles. The van der Waals surface area contributed by atoms with Crippen LogP contribution >= 0.6 is 0 Å². The van der Waals surface area contributed by atoms with E-state index in [2.05, 4.69) is 41.1 Å². The summed E-state index contributed by atoms with van der Waals surface area (Å²) in [5.41, 5.74) is 3.99. The maximum Gasteiger partial charge on any atom is 0.161 e. The summed E-state index contributed by atoms with van der Waals surface area (Å²) in [6.45, 7) is 8.95. The lowest BCUT2D eigenvalue weighted by Crippen LogP contribution is -2.34. The molecule has 5 nitrogen and oxygen atoms in total. The van der Waals surface area contributed by atoms with Crippen molar-refractivity contribution in [1.82, 2.24) is 15.1 Å². The summed E-state index contributed by atoms with van der Waals surface area (Å²) in [4.78, 5) is 2.55. The second kappa shape index (κ2) is 7.08. The third kappa shape index (κ3) is 3.52. The van der Waals surface area contributed by atoms with Crippen LogP contribution in [-0.4, -0.2) is 41.4 Å². The Labute approximate surface area is 149 Å². The number of nitrogens with one attached hydrogen (secondary N) is 1. The molecule has 2 aromatic rings. The normalized spacial score (nSPS) is 20.8. The number of likely N-dealkylation sites (tertiary alicyclic amines) is 1. The predicted octanol–water partition coefficient (Wildman–Crippen LogP) is 3.68. The third-order valence-corrected chi connectivity index (χ3v) is 5.25. The molecule has 25 heavy (non-hydrogen) atoms. The van der Waals surface area contributed by atoms with Crippen molar-refractivity contribution < 1.29 is 9.47 Å². The summed E-state index contributed by atoms with van der Waals surface area (Å²) in [7, 11) is 0. The lowest BCUT2D eigenvalue weighted by molar-refractivity contribution is 0.170. The smallest absolute Gasteiger partial charge is 0.161 e. The zero-order chi connectivity index (χ0) is 17.2. The molecule has 1 unspecified atom stereocenters. The minimum Gasteiger partial charge on any atom is -0.486 e. The summed E-state index contributed by atoms with van der Waals surface area (Å²) >= 11 is 0. The molecule has 5 heteroatoms. The Morgan fingerprint density at radius 3 is 2.92 bits per heavy atom. The highest BCUT2D eigenvalue weighted by atomic mass is 16.6. The number of fused-ring (bicyclic) bond motifs is 1. The number of aromatic nitrogens is 2. The van der Waals surface area contributed by atoms with Crippen LogP contribution in [0, 0.1) is 0 Å². The Kier molecular flexibility index (Phi) is 4.66. The quantitative estimate of drug-likeness (QED) is 0.921. The molecule has 0 aliphatic carbocycles. The van der Waals surface area contributed by atoms with E-state index >= 15 is 0 Å². The van der Waals surface area contributed by atoms with E-state index < -0.39 is 0 Å². The highest BCUT2D eigenvalue weighted by Gasteiger charge is 2.25. The summed E-state index contributed by atoms with van der Waals surface area (Å²) < 4.78 is 11.3. The van der Waals surface area contributed by atoms with Crippen LogP contribution < -0.4 is 9.47 Å². The number of aromatic amines is 1. The van der Waals surface area contributed by atoms with Crippen LogP contribution in [0.5, 0.6) is 11.5 Å². The molecule has 1 fully saturated rings. The topological polar surface area (TPSA) is 50.4 Å². The molecule has 1 aromatic heterocycles. The number of nitrogens with zero attached hydrogens (tertiary/aromatic N) is 2. The zero-order valence-corrected chi connectivity index (χ0v) is 15.1. The SMILES string of the molecule is CC(C)c1cn[nH]c1C1CCCN(Cc2ccc3c(c2)OCCO3)C1. The van der Waals surface area contributed by atoms with Crippen molar-refractivity contribution in [3.05, 3.63) is 41.2 Å². The van der Waals surface area contributed by atoms with Crippen molar-refractivity contribution in [3.63, 3.8) is 0 Å². The number of rotatable bonds is 4. The van der Waals surface area contributed by atoms with Gasteiger partial charge in [-0.3, -0.25) is 10.00 Å². The lowest BCUT2D eigenvalue weighted by atomic mass is 9.89. The molecule has 2 aliphatic heterocycles. The van der Waals surface area contributed by atoms with Crippen LogP contribution in [0.15, 0.2) is 24.4 Å². The van der Waals surface area contributed by atoms with Gasteiger partial charge in [0.1, 0.15) is 13.2 Å². The molecule has 0 bridgehead atoms. The molecule has 0 amide bonds. The van der Waals surface area contributed by atoms with Gasteiger partial charge in [0.15, 0.2) is 11.5 Å². The van der Waals surface area contributed by atoms with Gasteiger partial charge in [-0.25, -0.2) is 0 Å². The fraction of sp³-hybridized carbons (Fsp3) is 0.550. The predicted molar refractivity (Wildman–Crippen MR) is 97.4 cm³/mol. The van der Waals surface area contributed by atoms with Crippen LogP contribution in [0.25, 0.3) is 0 Å². The lowest BCUT2D eigenvalue weighted by Gasteiger charge is -2.33. The molecular formula is C20H27N3O2. The van der Waals surface area contributed by atoms with Gasteiger partial charge in [0.25, 0.3) is 0 Å². The monoisotopic (exact) mass is 341 g/mol. The van der Waals surface area contributed by atoms with E-state index in [1.165, 1.54) is 29.7 Å². The van der Waals surface area contributed by atoms with Gasteiger partial charge in [0.2, 0.25) is 0 Å². The largest absolute Gasteiger partial charge is 0.486 e. The zero-order valence-electron chi connectivity index (χ0n) is 15.1. The first-order chi connectivity index (χ1) is 12.2. The molecule has 1 N–H and O–H groups in total. The average molecular weight is 341 g/mol. The van der Waals surface area contributed by atoms with E-state index in [1.54, 1.807) is 0 Å². The van der Waals surface area contributed by atoms with Crippen LogP contribution in [0.2, 0.25) is 0 Å². The Hall–Kier alpha value is -2.01. The Morgan fingerprint density at radius 2 is 2.08 bits per heavy atom. The van der Waals surface area contributed by atoms with Gasteiger partial charge in [-0.15, -0.1) is 0 Å². The number of hydrogen-bond acceptors (Lipinski definition) is 4. The first-order valence-corrected chi connectivity index (χ1v) is 9.34. The molecule has 0 saturated carbocycles. The summed E-state index contributed by atoms with van der Waals surface area (Å²) in [5, 5.41) is 7.57. The van der Waals surface area contributed by atoms with E-state index in [-0.39, 0.29) is 0 Å². The van der Waals surface area contributed by atoms with Crippen LogP contribution in [0.1, 0.15) is 55.3 Å². The first-order valence-electron chi connectivity index (χ1n) is 9.34. The van der Waals surface area contributed by atoms with Gasteiger partial charge < -0.3 is 9.47 Å². The summed E-state index contributed by atoms with van der Waals surface area (Å²) in [5.74, 6) is 2.81. The van der Waals surface area contributed by atoms with E-state index in [1.807, 2.05) is 12.3 Å². The number of hydrogen-bond donors (Lipinski definition) is 1. The molecule has 3 heterocycles. The Bertz CT molecular complexity index is 725. The molecule has 1 atom stereocenters. The van der Waals surface area contributed by atoms with Crippen molar-refractivity contribution in [2.45, 2.75) is 45.1 Å². The second-order valence-corrected chi connectivity index (χ2v) is 7.45. The van der Waals surface area contributed by atoms with Crippen molar-refractivity contribution in [2.24, 2.45) is 0 Å². The van der Waals surface area contributed by atoms with Gasteiger partial charge in [0, 0.05) is 24.7 Å². The fourth-order valence-electron chi connectivity index (χ4n) is 3.97. The van der Waals surface area contributed by atoms with Gasteiger partial charge in [0.05, 0.1) is 6.20 Å². The molecule has 4 rings (SSSR count). The minimum absolute atomic E-state index is 0.516. The maximum atomic E-state index is 5.72. The van der Waals surface area contributed by atoms with E-state index in [0.717, 1.165) is 31.1 Å². The standard InChI is InChI=1S/C20H27N3O2/c1-14(2)17-11-21-22-20(17)16-4-3-7-23(13-16)12-15-5-6-18-19(10-15)25-9-8-24-18/h5-6,10-11,14,16H,3-4,7-9,12-13H2,1-2H3,(H,21,22). The maximum absolute atomic E-state index is 5.72. The molecule has 0 radical (unpaired) electrons.